The molecule has 3 aromatic rings. The van der Waals surface area contributed by atoms with Gasteiger partial charge in [-0.15, -0.1) is 0 Å². The lowest BCUT2D eigenvalue weighted by molar-refractivity contribution is -0.147. The van der Waals surface area contributed by atoms with Gasteiger partial charge in [0.1, 0.15) is 5.75 Å². The lowest BCUT2D eigenvalue weighted by Crippen LogP contribution is -2.52. The van der Waals surface area contributed by atoms with E-state index in [1.165, 1.54) is 24.8 Å². The molecule has 47 heavy (non-hydrogen) atoms. The van der Waals surface area contributed by atoms with Gasteiger partial charge in [0.25, 0.3) is 5.91 Å². The summed E-state index contributed by atoms with van der Waals surface area (Å²) in [7, 11) is -2.09. The van der Waals surface area contributed by atoms with Crippen LogP contribution in [0, 0.1) is 11.3 Å². The molecular formula is C37H45N3O6S. The van der Waals surface area contributed by atoms with Crippen molar-refractivity contribution in [2.24, 2.45) is 11.3 Å². The highest BCUT2D eigenvalue weighted by atomic mass is 32.2. The van der Waals surface area contributed by atoms with Gasteiger partial charge in [0, 0.05) is 34.5 Å². The van der Waals surface area contributed by atoms with Crippen LogP contribution < -0.4 is 9.46 Å². The summed E-state index contributed by atoms with van der Waals surface area (Å²) in [4.78, 5) is 30.5. The number of benzene rings is 2. The quantitative estimate of drug-likeness (QED) is 0.336. The summed E-state index contributed by atoms with van der Waals surface area (Å²) >= 11 is 0. The lowest BCUT2D eigenvalue weighted by atomic mass is 9.81. The minimum atomic E-state index is -3.78. The zero-order valence-electron chi connectivity index (χ0n) is 27.6. The minimum Gasteiger partial charge on any atom is -0.497 e. The predicted molar refractivity (Wildman–Crippen MR) is 180 cm³/mol. The number of nitrogens with one attached hydrogen (secondary N) is 1. The van der Waals surface area contributed by atoms with Crippen LogP contribution in [0.3, 0.4) is 0 Å². The van der Waals surface area contributed by atoms with Crippen molar-refractivity contribution in [3.63, 3.8) is 0 Å². The van der Waals surface area contributed by atoms with Crippen molar-refractivity contribution in [1.29, 1.82) is 0 Å². The second-order valence-electron chi connectivity index (χ2n) is 15.0. The third-order valence-corrected chi connectivity index (χ3v) is 13.1. The molecule has 3 aliphatic heterocycles. The number of hydrogen-bond donors (Lipinski definition) is 1. The highest BCUT2D eigenvalue weighted by Crippen LogP contribution is 2.66. The number of rotatable bonds is 7. The van der Waals surface area contributed by atoms with Crippen LogP contribution in [0.2, 0.25) is 0 Å². The molecule has 1 N–H and O–H groups in total. The Labute approximate surface area is 277 Å². The Morgan fingerprint density at radius 1 is 1.02 bits per heavy atom. The summed E-state index contributed by atoms with van der Waals surface area (Å²) in [5.74, 6) is 0.569. The molecule has 0 radical (unpaired) electrons. The van der Waals surface area contributed by atoms with Gasteiger partial charge in [0.2, 0.25) is 15.9 Å². The van der Waals surface area contributed by atoms with E-state index in [-0.39, 0.29) is 35.6 Å². The third kappa shape index (κ3) is 5.09. The monoisotopic (exact) mass is 659 g/mol. The summed E-state index contributed by atoms with van der Waals surface area (Å²) in [6.07, 6.45) is 8.47. The lowest BCUT2D eigenvalue weighted by Gasteiger charge is -2.37. The Morgan fingerprint density at radius 2 is 1.77 bits per heavy atom. The van der Waals surface area contributed by atoms with Gasteiger partial charge in [-0.3, -0.25) is 9.59 Å². The Hall–Kier alpha value is -3.37. The number of nitrogens with zero attached hydrogens (tertiary/aromatic N) is 2. The van der Waals surface area contributed by atoms with E-state index in [9.17, 15) is 18.0 Å². The number of carbonyl (C=O) groups is 2. The van der Waals surface area contributed by atoms with E-state index in [0.29, 0.717) is 31.2 Å². The average Bonchev–Trinajstić information content (AvgIpc) is 3.65. The summed E-state index contributed by atoms with van der Waals surface area (Å²) in [5, 5.41) is 1.09. The number of ether oxygens (including phenoxy) is 2. The number of fused-ring (bicyclic) bond motifs is 9. The number of sulfonamides is 1. The second kappa shape index (κ2) is 11.4. The van der Waals surface area contributed by atoms with E-state index in [1.807, 2.05) is 32.0 Å². The van der Waals surface area contributed by atoms with E-state index in [0.717, 1.165) is 65.6 Å². The number of methoxy groups -OCH3 is 1. The van der Waals surface area contributed by atoms with Crippen molar-refractivity contribution in [2.45, 2.75) is 95.7 Å². The van der Waals surface area contributed by atoms with Gasteiger partial charge in [-0.05, 0) is 85.4 Å². The normalized spacial score (nSPS) is 26.8. The van der Waals surface area contributed by atoms with Crippen molar-refractivity contribution >= 4 is 32.7 Å². The van der Waals surface area contributed by atoms with Crippen LogP contribution in [-0.4, -0.2) is 67.9 Å². The van der Waals surface area contributed by atoms with Crippen molar-refractivity contribution in [1.82, 2.24) is 14.2 Å². The summed E-state index contributed by atoms with van der Waals surface area (Å²) in [6, 6.07) is 12.2. The maximum atomic E-state index is 14.9. The van der Waals surface area contributed by atoms with Gasteiger partial charge in [-0.25, -0.2) is 13.1 Å². The van der Waals surface area contributed by atoms with Crippen LogP contribution in [0.15, 0.2) is 36.4 Å². The standard InChI is InChI=1S/C37H45N3O6S/c1-22(2)20-47(43,44)38-35(41)24-9-13-29-32(15-24)39-21-37(36(42)40-25-10-11-26(40)19-46-18-25)17-31(37)30-16-27(45-3)12-14-28(30)34(39)33(29)23-7-5-4-6-8-23/h9,12-16,22-23,25-26,31H,4-8,10-11,17-21H2,1-3H3,(H,38,41)/t25-,26?,31?,37?/m1/s1. The highest BCUT2D eigenvalue weighted by molar-refractivity contribution is 7.90. The largest absolute Gasteiger partial charge is 0.497 e. The molecule has 2 aromatic carbocycles. The first kappa shape index (κ1) is 30.9. The van der Waals surface area contributed by atoms with Crippen LogP contribution >= 0.6 is 0 Å². The Kier molecular flexibility index (Phi) is 7.48. The van der Waals surface area contributed by atoms with E-state index in [2.05, 4.69) is 26.3 Å². The van der Waals surface area contributed by atoms with Gasteiger partial charge in [0.15, 0.2) is 0 Å². The van der Waals surface area contributed by atoms with E-state index >= 15 is 0 Å². The topological polar surface area (TPSA) is 107 Å². The van der Waals surface area contributed by atoms with Crippen LogP contribution in [0.5, 0.6) is 5.75 Å². The van der Waals surface area contributed by atoms with Crippen molar-refractivity contribution < 1.29 is 27.5 Å². The third-order valence-electron chi connectivity index (χ3n) is 11.5. The molecular weight excluding hydrogens is 614 g/mol. The molecule has 2 bridgehead atoms. The smallest absolute Gasteiger partial charge is 0.264 e. The first-order valence-electron chi connectivity index (χ1n) is 17.4. The highest BCUT2D eigenvalue weighted by Gasteiger charge is 2.65. The molecule has 4 atom stereocenters. The Morgan fingerprint density at radius 3 is 2.47 bits per heavy atom. The molecule has 3 unspecified atom stereocenters. The fourth-order valence-corrected chi connectivity index (χ4v) is 10.7. The fourth-order valence-electron chi connectivity index (χ4n) is 9.32. The number of amides is 2. The SMILES string of the molecule is COc1ccc2c(c1)C1CC1(C(=O)N1C3CC[C@@H]1COC3)Cn1c-2c(C2CCCCC2)c2ccc(C(=O)NS(=O)(=O)CC(C)C)cc21. The maximum Gasteiger partial charge on any atom is 0.264 e. The van der Waals surface area contributed by atoms with Crippen LogP contribution in [0.4, 0.5) is 0 Å². The molecule has 4 fully saturated rings. The van der Waals surface area contributed by atoms with Crippen molar-refractivity contribution in [2.75, 3.05) is 26.1 Å². The molecule has 1 aromatic heterocycles. The fraction of sp³-hybridized carbons (Fsp3) is 0.568. The molecule has 2 aliphatic carbocycles. The first-order chi connectivity index (χ1) is 22.6. The number of aromatic nitrogens is 1. The molecule has 2 amide bonds. The number of carbonyl (C=O) groups excluding carboxylic acids is 2. The average molecular weight is 660 g/mol. The van der Waals surface area contributed by atoms with Crippen LogP contribution in [-0.2, 0) is 26.1 Å². The molecule has 9 nitrogen and oxygen atoms in total. The number of hydrogen-bond acceptors (Lipinski definition) is 6. The minimum absolute atomic E-state index is 0.0594. The van der Waals surface area contributed by atoms with E-state index in [4.69, 9.17) is 9.47 Å². The van der Waals surface area contributed by atoms with Gasteiger partial charge in [-0.1, -0.05) is 39.2 Å². The van der Waals surface area contributed by atoms with Gasteiger partial charge >= 0.3 is 0 Å². The zero-order valence-corrected chi connectivity index (χ0v) is 28.4. The predicted octanol–water partition coefficient (Wildman–Crippen LogP) is 5.96. The molecule has 250 valence electrons. The summed E-state index contributed by atoms with van der Waals surface area (Å²) < 4.78 is 41.7. The Bertz CT molecular complexity index is 1860. The first-order valence-corrected chi connectivity index (χ1v) is 19.0. The second-order valence-corrected chi connectivity index (χ2v) is 16.8. The zero-order chi connectivity index (χ0) is 32.7. The van der Waals surface area contributed by atoms with Crippen molar-refractivity contribution in [3.8, 4) is 17.0 Å². The molecule has 5 aliphatic rings. The van der Waals surface area contributed by atoms with E-state index < -0.39 is 21.3 Å². The molecule has 2 saturated carbocycles. The molecule has 2 saturated heterocycles. The molecule has 8 rings (SSSR count). The van der Waals surface area contributed by atoms with Gasteiger partial charge in [-0.2, -0.15) is 0 Å². The molecule has 4 heterocycles. The van der Waals surface area contributed by atoms with Crippen LogP contribution in [0.1, 0.15) is 98.5 Å². The van der Waals surface area contributed by atoms with Gasteiger partial charge in [0.05, 0.1) is 49.3 Å². The number of morpholine rings is 1. The van der Waals surface area contributed by atoms with E-state index in [1.54, 1.807) is 13.2 Å². The molecule has 0 spiro atoms. The molecule has 10 heteroatoms. The summed E-state index contributed by atoms with van der Waals surface area (Å²) in [6.45, 7) is 5.33. The Balaban J connectivity index is 1.31. The van der Waals surface area contributed by atoms with Gasteiger partial charge < -0.3 is 18.9 Å². The van der Waals surface area contributed by atoms with Crippen molar-refractivity contribution in [3.05, 3.63) is 53.1 Å². The maximum absolute atomic E-state index is 14.9. The summed E-state index contributed by atoms with van der Waals surface area (Å²) in [5.41, 5.74) is 5.31. The van der Waals surface area contributed by atoms with Crippen LogP contribution in [0.25, 0.3) is 22.2 Å².